The predicted octanol–water partition coefficient (Wildman–Crippen LogP) is 3.59. The molecule has 1 aromatic carbocycles. The van der Waals surface area contributed by atoms with Gasteiger partial charge in [0.25, 0.3) is 0 Å². The lowest BCUT2D eigenvalue weighted by Crippen LogP contribution is -2.37. The number of nitrogens with zero attached hydrogens (tertiary/aromatic N) is 1. The molecule has 2 N–H and O–H groups in total. The van der Waals surface area contributed by atoms with Gasteiger partial charge in [0.15, 0.2) is 0 Å². The summed E-state index contributed by atoms with van der Waals surface area (Å²) < 4.78 is 37.4. The van der Waals surface area contributed by atoms with E-state index in [0.29, 0.717) is 28.5 Å². The maximum Gasteiger partial charge on any atom is 0.471 e. The van der Waals surface area contributed by atoms with E-state index in [2.05, 4.69) is 17.6 Å². The highest BCUT2D eigenvalue weighted by Gasteiger charge is 2.41. The average Bonchev–Trinajstić information content (AvgIpc) is 2.61. The van der Waals surface area contributed by atoms with Gasteiger partial charge in [-0.1, -0.05) is 19.1 Å². The van der Waals surface area contributed by atoms with Crippen LogP contribution in [-0.2, 0) is 16.1 Å². The number of piperidine rings is 1. The third-order valence-corrected chi connectivity index (χ3v) is 4.87. The Bertz CT molecular complexity index is 664. The maximum atomic E-state index is 12.5. The molecule has 1 aromatic rings. The number of rotatable bonds is 6. The number of amides is 2. The van der Waals surface area contributed by atoms with Gasteiger partial charge in [0, 0.05) is 25.7 Å². The molecule has 0 aliphatic carbocycles. The van der Waals surface area contributed by atoms with E-state index in [1.165, 1.54) is 0 Å². The first kappa shape index (κ1) is 24.2. The Kier molecular flexibility index (Phi) is 9.23. The van der Waals surface area contributed by atoms with Crippen molar-refractivity contribution in [3.05, 3.63) is 29.8 Å². The first-order chi connectivity index (χ1) is 12.7. The summed E-state index contributed by atoms with van der Waals surface area (Å²) in [6.07, 6.45) is -2.28. The smallest absolute Gasteiger partial charge is 0.334 e. The van der Waals surface area contributed by atoms with Gasteiger partial charge in [-0.3, -0.25) is 9.59 Å². The second kappa shape index (κ2) is 10.7. The van der Waals surface area contributed by atoms with Crippen molar-refractivity contribution in [2.24, 2.45) is 11.8 Å². The van der Waals surface area contributed by atoms with Crippen LogP contribution in [0.3, 0.4) is 0 Å². The van der Waals surface area contributed by atoms with Crippen molar-refractivity contribution in [2.75, 3.05) is 25.5 Å². The van der Waals surface area contributed by atoms with Crippen molar-refractivity contribution in [1.29, 1.82) is 0 Å². The van der Waals surface area contributed by atoms with E-state index < -0.39 is 12.1 Å². The summed E-state index contributed by atoms with van der Waals surface area (Å²) in [5.74, 6) is -1.30. The molecule has 158 valence electrons. The van der Waals surface area contributed by atoms with E-state index in [1.54, 1.807) is 24.3 Å². The number of hydrogen-bond acceptors (Lipinski definition) is 3. The Balaban J connectivity index is 0.00000392. The first-order valence-corrected chi connectivity index (χ1v) is 9.08. The van der Waals surface area contributed by atoms with Gasteiger partial charge < -0.3 is 15.5 Å². The molecule has 0 saturated carbocycles. The van der Waals surface area contributed by atoms with E-state index in [-0.39, 0.29) is 30.8 Å². The SMILES string of the molecule is CC(CC(=O)Nc1cccc(CN(C)C(=O)C(F)(F)F)c1)C1CCCNC1.Cl. The van der Waals surface area contributed by atoms with Gasteiger partial charge in [0.1, 0.15) is 0 Å². The largest absolute Gasteiger partial charge is 0.471 e. The first-order valence-electron chi connectivity index (χ1n) is 9.08. The molecule has 1 saturated heterocycles. The topological polar surface area (TPSA) is 61.4 Å². The highest BCUT2D eigenvalue weighted by Crippen LogP contribution is 2.23. The van der Waals surface area contributed by atoms with Crippen LogP contribution in [0.2, 0.25) is 0 Å². The molecular formula is C19H27ClF3N3O2. The van der Waals surface area contributed by atoms with Gasteiger partial charge in [-0.25, -0.2) is 0 Å². The van der Waals surface area contributed by atoms with Crippen molar-refractivity contribution >= 4 is 29.9 Å². The fourth-order valence-corrected chi connectivity index (χ4v) is 3.35. The number of benzene rings is 1. The third kappa shape index (κ3) is 7.31. The zero-order chi connectivity index (χ0) is 20.0. The molecular weight excluding hydrogens is 395 g/mol. The zero-order valence-corrected chi connectivity index (χ0v) is 16.8. The molecule has 2 unspecified atom stereocenters. The lowest BCUT2D eigenvalue weighted by Gasteiger charge is -2.28. The predicted molar refractivity (Wildman–Crippen MR) is 104 cm³/mol. The molecule has 1 fully saturated rings. The van der Waals surface area contributed by atoms with Crippen LogP contribution < -0.4 is 10.6 Å². The van der Waals surface area contributed by atoms with E-state index in [0.717, 1.165) is 33.0 Å². The van der Waals surface area contributed by atoms with Gasteiger partial charge in [-0.15, -0.1) is 12.4 Å². The monoisotopic (exact) mass is 421 g/mol. The lowest BCUT2D eigenvalue weighted by molar-refractivity contribution is -0.184. The molecule has 0 spiro atoms. The van der Waals surface area contributed by atoms with E-state index in [1.807, 2.05) is 0 Å². The van der Waals surface area contributed by atoms with Crippen LogP contribution in [-0.4, -0.2) is 43.0 Å². The number of anilines is 1. The standard InChI is InChI=1S/C19H26F3N3O2.ClH/c1-13(15-6-4-8-23-11-15)9-17(26)24-16-7-3-5-14(10-16)12-25(2)18(27)19(20,21)22;/h3,5,7,10,13,15,23H,4,6,8-9,11-12H2,1-2H3,(H,24,26);1H. The number of carbonyl (C=O) groups is 2. The Morgan fingerprint density at radius 3 is 2.68 bits per heavy atom. The molecule has 5 nitrogen and oxygen atoms in total. The zero-order valence-electron chi connectivity index (χ0n) is 16.0. The Hall–Kier alpha value is -1.80. The molecule has 1 aliphatic rings. The van der Waals surface area contributed by atoms with Gasteiger partial charge in [-0.05, 0) is 55.5 Å². The number of alkyl halides is 3. The van der Waals surface area contributed by atoms with Gasteiger partial charge in [0.2, 0.25) is 5.91 Å². The van der Waals surface area contributed by atoms with Crippen LogP contribution >= 0.6 is 12.4 Å². The molecule has 1 heterocycles. The molecule has 1 aliphatic heterocycles. The molecule has 0 radical (unpaired) electrons. The van der Waals surface area contributed by atoms with Crippen LogP contribution in [0.15, 0.2) is 24.3 Å². The van der Waals surface area contributed by atoms with Crippen molar-refractivity contribution in [3.63, 3.8) is 0 Å². The molecule has 2 atom stereocenters. The Morgan fingerprint density at radius 2 is 2.07 bits per heavy atom. The molecule has 0 bridgehead atoms. The second-order valence-corrected chi connectivity index (χ2v) is 7.20. The summed E-state index contributed by atoms with van der Waals surface area (Å²) in [6, 6.07) is 6.53. The molecule has 2 amide bonds. The van der Waals surface area contributed by atoms with Crippen molar-refractivity contribution in [2.45, 2.75) is 38.9 Å². The second-order valence-electron chi connectivity index (χ2n) is 7.20. The summed E-state index contributed by atoms with van der Waals surface area (Å²) in [4.78, 5) is 24.1. The average molecular weight is 422 g/mol. The summed E-state index contributed by atoms with van der Waals surface area (Å²) in [5, 5.41) is 6.14. The normalized spacial score (nSPS) is 18.0. The lowest BCUT2D eigenvalue weighted by atomic mass is 9.85. The Labute approximate surface area is 169 Å². The third-order valence-electron chi connectivity index (χ3n) is 4.87. The quantitative estimate of drug-likeness (QED) is 0.737. The minimum absolute atomic E-state index is 0. The van der Waals surface area contributed by atoms with E-state index in [4.69, 9.17) is 0 Å². The van der Waals surface area contributed by atoms with Gasteiger partial charge in [-0.2, -0.15) is 13.2 Å². The molecule has 0 aromatic heterocycles. The minimum atomic E-state index is -4.90. The van der Waals surface area contributed by atoms with Crippen LogP contribution in [0.4, 0.5) is 18.9 Å². The van der Waals surface area contributed by atoms with Gasteiger partial charge >= 0.3 is 12.1 Å². The van der Waals surface area contributed by atoms with Crippen LogP contribution in [0.5, 0.6) is 0 Å². The van der Waals surface area contributed by atoms with Crippen molar-refractivity contribution < 1.29 is 22.8 Å². The number of nitrogens with one attached hydrogen (secondary N) is 2. The fourth-order valence-electron chi connectivity index (χ4n) is 3.35. The van der Waals surface area contributed by atoms with Gasteiger partial charge in [0.05, 0.1) is 0 Å². The molecule has 2 rings (SSSR count). The maximum absolute atomic E-state index is 12.5. The Morgan fingerprint density at radius 1 is 1.36 bits per heavy atom. The summed E-state index contributed by atoms with van der Waals surface area (Å²) in [6.45, 7) is 3.81. The highest BCUT2D eigenvalue weighted by atomic mass is 35.5. The van der Waals surface area contributed by atoms with Crippen molar-refractivity contribution in [3.8, 4) is 0 Å². The van der Waals surface area contributed by atoms with Crippen LogP contribution in [0.1, 0.15) is 31.7 Å². The highest BCUT2D eigenvalue weighted by molar-refractivity contribution is 5.91. The van der Waals surface area contributed by atoms with Crippen molar-refractivity contribution in [1.82, 2.24) is 10.2 Å². The minimum Gasteiger partial charge on any atom is -0.334 e. The summed E-state index contributed by atoms with van der Waals surface area (Å²) in [5.41, 5.74) is 1.02. The van der Waals surface area contributed by atoms with Crippen LogP contribution in [0, 0.1) is 11.8 Å². The summed E-state index contributed by atoms with van der Waals surface area (Å²) >= 11 is 0. The van der Waals surface area contributed by atoms with Crippen LogP contribution in [0.25, 0.3) is 0 Å². The number of halogens is 4. The van der Waals surface area contributed by atoms with E-state index >= 15 is 0 Å². The number of carbonyl (C=O) groups excluding carboxylic acids is 2. The van der Waals surface area contributed by atoms with E-state index in [9.17, 15) is 22.8 Å². The molecule has 9 heteroatoms. The fraction of sp³-hybridized carbons (Fsp3) is 0.579. The number of hydrogen-bond donors (Lipinski definition) is 2. The molecule has 28 heavy (non-hydrogen) atoms. The summed E-state index contributed by atoms with van der Waals surface area (Å²) in [7, 11) is 1.10.